The van der Waals surface area contributed by atoms with Gasteiger partial charge in [-0.3, -0.25) is 9.36 Å². The Kier molecular flexibility index (Phi) is 5.02. The lowest BCUT2D eigenvalue weighted by atomic mass is 10.2. The normalized spacial score (nSPS) is 11.1. The molecule has 0 fully saturated rings. The lowest BCUT2D eigenvalue weighted by molar-refractivity contribution is 0.340. The van der Waals surface area contributed by atoms with Crippen molar-refractivity contribution in [2.45, 2.75) is 13.5 Å². The van der Waals surface area contributed by atoms with E-state index < -0.39 is 22.9 Å². The molecule has 2 aromatic heterocycles. The molecule has 0 aliphatic rings. The number of rotatable bonds is 5. The molecule has 2 aromatic carbocycles. The van der Waals surface area contributed by atoms with Crippen molar-refractivity contribution in [2.24, 2.45) is 0 Å². The second-order valence-corrected chi connectivity index (χ2v) is 7.26. The van der Waals surface area contributed by atoms with E-state index in [0.29, 0.717) is 28.3 Å². The minimum atomic E-state index is -0.727. The molecule has 5 nitrogen and oxygen atoms in total. The zero-order valence-electron chi connectivity index (χ0n) is 15.4. The molecule has 0 unspecified atom stereocenters. The molecule has 0 amide bonds. The topological polar surface area (TPSA) is 53.2 Å². The van der Waals surface area contributed by atoms with Crippen LogP contribution >= 0.6 is 11.3 Å². The SMILES string of the molecule is CCOc1ccc(-n2c(=O)c3sccc3n(Cc3cc(F)cc(F)c3)c2=O)cc1. The summed E-state index contributed by atoms with van der Waals surface area (Å²) < 4.78 is 35.4. The molecule has 2 heterocycles. The Labute approximate surface area is 168 Å². The minimum Gasteiger partial charge on any atom is -0.494 e. The molecule has 4 rings (SSSR count). The van der Waals surface area contributed by atoms with E-state index in [2.05, 4.69) is 0 Å². The van der Waals surface area contributed by atoms with Crippen molar-refractivity contribution >= 4 is 21.6 Å². The molecule has 0 aliphatic heterocycles. The second kappa shape index (κ2) is 7.63. The van der Waals surface area contributed by atoms with Crippen LogP contribution in [0, 0.1) is 11.6 Å². The highest BCUT2D eigenvalue weighted by molar-refractivity contribution is 7.17. The molecule has 0 saturated carbocycles. The summed E-state index contributed by atoms with van der Waals surface area (Å²) in [6.07, 6.45) is 0. The first kappa shape index (κ1) is 19.1. The summed E-state index contributed by atoms with van der Waals surface area (Å²) in [5.41, 5.74) is 0.0735. The van der Waals surface area contributed by atoms with Gasteiger partial charge in [0.25, 0.3) is 5.56 Å². The highest BCUT2D eigenvalue weighted by atomic mass is 32.1. The molecule has 148 valence electrons. The monoisotopic (exact) mass is 414 g/mol. The number of fused-ring (bicyclic) bond motifs is 1. The Balaban J connectivity index is 1.90. The molecule has 0 N–H and O–H groups in total. The number of ether oxygens (including phenoxy) is 1. The Morgan fingerprint density at radius 2 is 1.69 bits per heavy atom. The molecular formula is C21H16F2N2O3S. The van der Waals surface area contributed by atoms with Gasteiger partial charge in [-0.1, -0.05) is 0 Å². The van der Waals surface area contributed by atoms with Crippen LogP contribution in [0.5, 0.6) is 5.75 Å². The lowest BCUT2D eigenvalue weighted by Gasteiger charge is -2.13. The van der Waals surface area contributed by atoms with E-state index in [1.807, 2.05) is 6.92 Å². The average Bonchev–Trinajstić information content (AvgIpc) is 3.16. The fraction of sp³-hybridized carbons (Fsp3) is 0.143. The summed E-state index contributed by atoms with van der Waals surface area (Å²) in [5, 5.41) is 1.71. The number of thiophene rings is 1. The smallest absolute Gasteiger partial charge is 0.336 e. The third-order valence-electron chi connectivity index (χ3n) is 4.42. The maximum Gasteiger partial charge on any atom is 0.336 e. The van der Waals surface area contributed by atoms with Crippen LogP contribution in [-0.2, 0) is 6.54 Å². The molecule has 29 heavy (non-hydrogen) atoms. The summed E-state index contributed by atoms with van der Waals surface area (Å²) in [4.78, 5) is 26.1. The van der Waals surface area contributed by atoms with Crippen molar-refractivity contribution < 1.29 is 13.5 Å². The Morgan fingerprint density at radius 1 is 1.00 bits per heavy atom. The third-order valence-corrected chi connectivity index (χ3v) is 5.32. The Bertz CT molecular complexity index is 1290. The molecule has 0 saturated heterocycles. The van der Waals surface area contributed by atoms with Crippen LogP contribution < -0.4 is 16.0 Å². The van der Waals surface area contributed by atoms with Crippen molar-refractivity contribution in [3.8, 4) is 11.4 Å². The van der Waals surface area contributed by atoms with Crippen molar-refractivity contribution in [3.63, 3.8) is 0 Å². The van der Waals surface area contributed by atoms with Crippen LogP contribution in [0.15, 0.2) is 63.5 Å². The predicted octanol–water partition coefficient (Wildman–Crippen LogP) is 3.94. The highest BCUT2D eigenvalue weighted by Gasteiger charge is 2.16. The van der Waals surface area contributed by atoms with Crippen molar-refractivity contribution in [1.29, 1.82) is 0 Å². The first-order valence-corrected chi connectivity index (χ1v) is 9.77. The summed E-state index contributed by atoms with van der Waals surface area (Å²) in [5.74, 6) is -0.832. The molecule has 0 radical (unpaired) electrons. The zero-order valence-corrected chi connectivity index (χ0v) is 16.2. The van der Waals surface area contributed by atoms with E-state index in [-0.39, 0.29) is 12.1 Å². The van der Waals surface area contributed by atoms with Gasteiger partial charge in [0.2, 0.25) is 0 Å². The van der Waals surface area contributed by atoms with Gasteiger partial charge in [-0.2, -0.15) is 0 Å². The zero-order chi connectivity index (χ0) is 20.5. The van der Waals surface area contributed by atoms with Crippen molar-refractivity contribution in [3.05, 3.63) is 91.9 Å². The van der Waals surface area contributed by atoms with Crippen LogP contribution in [0.2, 0.25) is 0 Å². The van der Waals surface area contributed by atoms with Gasteiger partial charge in [-0.15, -0.1) is 11.3 Å². The molecule has 0 bridgehead atoms. The summed E-state index contributed by atoms with van der Waals surface area (Å²) >= 11 is 1.21. The quantitative estimate of drug-likeness (QED) is 0.497. The molecule has 4 aromatic rings. The fourth-order valence-electron chi connectivity index (χ4n) is 3.21. The number of hydrogen-bond donors (Lipinski definition) is 0. The minimum absolute atomic E-state index is 0.0714. The maximum atomic E-state index is 13.6. The van der Waals surface area contributed by atoms with E-state index >= 15 is 0 Å². The summed E-state index contributed by atoms with van der Waals surface area (Å²) in [6.45, 7) is 2.28. The molecule has 0 aliphatic carbocycles. The number of benzene rings is 2. The van der Waals surface area contributed by atoms with E-state index in [4.69, 9.17) is 4.74 Å². The van der Waals surface area contributed by atoms with Gasteiger partial charge in [0, 0.05) is 6.07 Å². The molecule has 8 heteroatoms. The number of halogens is 2. The number of aromatic nitrogens is 2. The Hall–Kier alpha value is -3.26. The van der Waals surface area contributed by atoms with Crippen LogP contribution in [-0.4, -0.2) is 15.7 Å². The van der Waals surface area contributed by atoms with Crippen LogP contribution in [0.1, 0.15) is 12.5 Å². The molecule has 0 atom stereocenters. The number of nitrogens with zero attached hydrogens (tertiary/aromatic N) is 2. The van der Waals surface area contributed by atoms with Crippen molar-refractivity contribution in [1.82, 2.24) is 9.13 Å². The number of hydrogen-bond acceptors (Lipinski definition) is 4. The predicted molar refractivity (Wildman–Crippen MR) is 108 cm³/mol. The average molecular weight is 414 g/mol. The van der Waals surface area contributed by atoms with Gasteiger partial charge in [0.1, 0.15) is 22.1 Å². The van der Waals surface area contributed by atoms with E-state index in [1.54, 1.807) is 35.7 Å². The summed E-state index contributed by atoms with van der Waals surface area (Å²) in [7, 11) is 0. The lowest BCUT2D eigenvalue weighted by Crippen LogP contribution is -2.38. The van der Waals surface area contributed by atoms with Crippen LogP contribution in [0.25, 0.3) is 15.9 Å². The van der Waals surface area contributed by atoms with Crippen molar-refractivity contribution in [2.75, 3.05) is 6.61 Å². The van der Waals surface area contributed by atoms with Gasteiger partial charge < -0.3 is 4.74 Å². The van der Waals surface area contributed by atoms with Gasteiger partial charge >= 0.3 is 5.69 Å². The first-order chi connectivity index (χ1) is 14.0. The van der Waals surface area contributed by atoms with E-state index in [1.165, 1.54) is 28.0 Å². The van der Waals surface area contributed by atoms with Gasteiger partial charge in [0.05, 0.1) is 24.4 Å². The van der Waals surface area contributed by atoms with Crippen LogP contribution in [0.3, 0.4) is 0 Å². The standard InChI is InChI=1S/C21H16F2N2O3S/c1-2-28-17-5-3-16(4-6-17)25-20(26)19-18(7-8-29-19)24(21(25)27)12-13-9-14(22)11-15(23)10-13/h3-11H,2,12H2,1H3. The van der Waals surface area contributed by atoms with E-state index in [0.717, 1.165) is 10.6 Å². The highest BCUT2D eigenvalue weighted by Crippen LogP contribution is 2.19. The molecule has 0 spiro atoms. The largest absolute Gasteiger partial charge is 0.494 e. The van der Waals surface area contributed by atoms with Gasteiger partial charge in [-0.05, 0) is 60.3 Å². The fourth-order valence-corrected chi connectivity index (χ4v) is 4.03. The second-order valence-electron chi connectivity index (χ2n) is 6.35. The van der Waals surface area contributed by atoms with Gasteiger partial charge in [0.15, 0.2) is 0 Å². The first-order valence-electron chi connectivity index (χ1n) is 8.89. The van der Waals surface area contributed by atoms with Crippen LogP contribution in [0.4, 0.5) is 8.78 Å². The third kappa shape index (κ3) is 3.58. The molecular weight excluding hydrogens is 398 g/mol. The van der Waals surface area contributed by atoms with Gasteiger partial charge in [-0.25, -0.2) is 18.1 Å². The maximum absolute atomic E-state index is 13.6. The Morgan fingerprint density at radius 3 is 2.34 bits per heavy atom. The summed E-state index contributed by atoms with van der Waals surface area (Å²) in [6, 6.07) is 11.4. The van der Waals surface area contributed by atoms with E-state index in [9.17, 15) is 18.4 Å².